The first-order valence-electron chi connectivity index (χ1n) is 5.64. The van der Waals surface area contributed by atoms with Crippen LogP contribution in [0.15, 0.2) is 0 Å². The zero-order valence-corrected chi connectivity index (χ0v) is 9.65. The molecule has 2 nitrogen and oxygen atoms in total. The summed E-state index contributed by atoms with van der Waals surface area (Å²) in [5, 5.41) is 3.23. The summed E-state index contributed by atoms with van der Waals surface area (Å²) >= 11 is 6.19. The minimum atomic E-state index is 0.168. The van der Waals surface area contributed by atoms with Gasteiger partial charge >= 0.3 is 0 Å². The average Bonchev–Trinajstić information content (AvgIpc) is 2.17. The van der Waals surface area contributed by atoms with Gasteiger partial charge in [-0.2, -0.15) is 0 Å². The monoisotopic (exact) mass is 217 g/mol. The maximum atomic E-state index is 11.2. The van der Waals surface area contributed by atoms with E-state index in [-0.39, 0.29) is 11.3 Å². The Hall–Kier alpha value is -0.240. The van der Waals surface area contributed by atoms with Crippen LogP contribution in [0.5, 0.6) is 0 Å². The summed E-state index contributed by atoms with van der Waals surface area (Å²) < 4.78 is 0. The highest BCUT2D eigenvalue weighted by molar-refractivity contribution is 6.20. The molecule has 0 spiro atoms. The van der Waals surface area contributed by atoms with Crippen molar-refractivity contribution in [3.8, 4) is 0 Å². The Morgan fingerprint density at radius 2 is 2.14 bits per heavy atom. The summed E-state index contributed by atoms with van der Waals surface area (Å²) in [6.45, 7) is 2.79. The second-order valence-electron chi connectivity index (χ2n) is 4.11. The largest absolute Gasteiger partial charge is 0.356 e. The lowest BCUT2D eigenvalue weighted by molar-refractivity contribution is -0.121. The molecule has 1 fully saturated rings. The van der Waals surface area contributed by atoms with Gasteiger partial charge in [-0.3, -0.25) is 4.79 Å². The Morgan fingerprint density at radius 1 is 1.43 bits per heavy atom. The van der Waals surface area contributed by atoms with Gasteiger partial charge in [0.15, 0.2) is 0 Å². The second-order valence-corrected chi connectivity index (χ2v) is 4.68. The zero-order valence-electron chi connectivity index (χ0n) is 8.89. The normalized spacial score (nSPS) is 27.3. The third-order valence-corrected chi connectivity index (χ3v) is 3.43. The average molecular weight is 218 g/mol. The smallest absolute Gasteiger partial charge is 0.219 e. The standard InChI is InChI=1S/C11H20ClNO/c1-2-5-11(14)13-8-9-6-3-4-7-10(9)12/h9-10H,2-8H2,1H3,(H,13,14). The van der Waals surface area contributed by atoms with Gasteiger partial charge in [-0.15, -0.1) is 11.6 Å². The van der Waals surface area contributed by atoms with Crippen molar-refractivity contribution in [2.24, 2.45) is 5.92 Å². The maximum Gasteiger partial charge on any atom is 0.219 e. The van der Waals surface area contributed by atoms with Crippen molar-refractivity contribution in [2.75, 3.05) is 6.54 Å². The minimum absolute atomic E-state index is 0.168. The molecule has 1 N–H and O–H groups in total. The van der Waals surface area contributed by atoms with Crippen LogP contribution >= 0.6 is 11.6 Å². The Morgan fingerprint density at radius 3 is 2.79 bits per heavy atom. The molecule has 1 amide bonds. The maximum absolute atomic E-state index is 11.2. The van der Waals surface area contributed by atoms with E-state index in [0.717, 1.165) is 19.4 Å². The molecule has 0 aromatic rings. The molecule has 0 aromatic heterocycles. The summed E-state index contributed by atoms with van der Waals surface area (Å²) in [6.07, 6.45) is 6.34. The second kappa shape index (κ2) is 6.28. The zero-order chi connectivity index (χ0) is 10.4. The van der Waals surface area contributed by atoms with Crippen LogP contribution in [0, 0.1) is 5.92 Å². The lowest BCUT2D eigenvalue weighted by Crippen LogP contribution is -2.34. The van der Waals surface area contributed by atoms with Gasteiger partial charge in [0.2, 0.25) is 5.91 Å². The molecule has 82 valence electrons. The number of carbonyl (C=O) groups excluding carboxylic acids is 1. The van der Waals surface area contributed by atoms with Gasteiger partial charge < -0.3 is 5.32 Å². The molecular weight excluding hydrogens is 198 g/mol. The molecule has 0 bridgehead atoms. The fourth-order valence-corrected chi connectivity index (χ4v) is 2.32. The fourth-order valence-electron chi connectivity index (χ4n) is 1.95. The molecule has 2 atom stereocenters. The highest BCUT2D eigenvalue weighted by atomic mass is 35.5. The van der Waals surface area contributed by atoms with Gasteiger partial charge in [-0.05, 0) is 25.2 Å². The summed E-state index contributed by atoms with van der Waals surface area (Å²) in [5.41, 5.74) is 0. The topological polar surface area (TPSA) is 29.1 Å². The first-order valence-corrected chi connectivity index (χ1v) is 6.08. The van der Waals surface area contributed by atoms with Crippen LogP contribution in [0.1, 0.15) is 45.4 Å². The van der Waals surface area contributed by atoms with Crippen LogP contribution < -0.4 is 5.32 Å². The molecule has 1 aliphatic carbocycles. The van der Waals surface area contributed by atoms with E-state index in [0.29, 0.717) is 12.3 Å². The quantitative estimate of drug-likeness (QED) is 0.721. The molecule has 0 heterocycles. The van der Waals surface area contributed by atoms with Gasteiger partial charge in [-0.25, -0.2) is 0 Å². The number of carbonyl (C=O) groups is 1. The van der Waals surface area contributed by atoms with Gasteiger partial charge in [0.1, 0.15) is 0 Å². The molecular formula is C11H20ClNO. The van der Waals surface area contributed by atoms with Crippen molar-refractivity contribution in [2.45, 2.75) is 50.8 Å². The summed E-state index contributed by atoms with van der Waals surface area (Å²) in [4.78, 5) is 11.2. The molecule has 0 aromatic carbocycles. The van der Waals surface area contributed by atoms with E-state index in [9.17, 15) is 4.79 Å². The number of amides is 1. The van der Waals surface area contributed by atoms with E-state index in [1.54, 1.807) is 0 Å². The number of halogens is 1. The van der Waals surface area contributed by atoms with Gasteiger partial charge in [-0.1, -0.05) is 19.8 Å². The first kappa shape index (κ1) is 11.8. The van der Waals surface area contributed by atoms with Crippen molar-refractivity contribution >= 4 is 17.5 Å². The highest BCUT2D eigenvalue weighted by Gasteiger charge is 2.23. The molecule has 14 heavy (non-hydrogen) atoms. The molecule has 0 saturated heterocycles. The summed E-state index contributed by atoms with van der Waals surface area (Å²) in [7, 11) is 0. The minimum Gasteiger partial charge on any atom is -0.356 e. The van der Waals surface area contributed by atoms with Crippen LogP contribution in [-0.4, -0.2) is 17.8 Å². The number of alkyl halides is 1. The predicted molar refractivity (Wildman–Crippen MR) is 59.5 cm³/mol. The Kier molecular flexibility index (Phi) is 5.31. The number of nitrogens with one attached hydrogen (secondary N) is 1. The van der Waals surface area contributed by atoms with E-state index < -0.39 is 0 Å². The Balaban J connectivity index is 2.19. The van der Waals surface area contributed by atoms with E-state index in [4.69, 9.17) is 11.6 Å². The van der Waals surface area contributed by atoms with Gasteiger partial charge in [0, 0.05) is 18.3 Å². The van der Waals surface area contributed by atoms with Gasteiger partial charge in [0.25, 0.3) is 0 Å². The number of hydrogen-bond donors (Lipinski definition) is 1. The highest BCUT2D eigenvalue weighted by Crippen LogP contribution is 2.27. The molecule has 0 radical (unpaired) electrons. The van der Waals surface area contributed by atoms with E-state index in [1.165, 1.54) is 19.3 Å². The van der Waals surface area contributed by atoms with E-state index in [1.807, 2.05) is 6.92 Å². The fraction of sp³-hybridized carbons (Fsp3) is 0.909. The van der Waals surface area contributed by atoms with E-state index in [2.05, 4.69) is 5.32 Å². The number of hydrogen-bond acceptors (Lipinski definition) is 1. The third-order valence-electron chi connectivity index (χ3n) is 2.85. The van der Waals surface area contributed by atoms with Crippen molar-refractivity contribution in [1.29, 1.82) is 0 Å². The predicted octanol–water partition coefficient (Wildman–Crippen LogP) is 2.70. The molecule has 1 aliphatic rings. The summed E-state index contributed by atoms with van der Waals surface area (Å²) in [5.74, 6) is 0.660. The van der Waals surface area contributed by atoms with Crippen molar-refractivity contribution < 1.29 is 4.79 Å². The molecule has 1 rings (SSSR count). The van der Waals surface area contributed by atoms with Crippen molar-refractivity contribution in [3.63, 3.8) is 0 Å². The van der Waals surface area contributed by atoms with E-state index >= 15 is 0 Å². The molecule has 1 saturated carbocycles. The molecule has 3 heteroatoms. The lowest BCUT2D eigenvalue weighted by atomic mass is 9.89. The van der Waals surface area contributed by atoms with Crippen LogP contribution in [0.3, 0.4) is 0 Å². The van der Waals surface area contributed by atoms with Crippen LogP contribution in [0.25, 0.3) is 0 Å². The molecule has 0 aliphatic heterocycles. The van der Waals surface area contributed by atoms with Crippen molar-refractivity contribution in [3.05, 3.63) is 0 Å². The SMILES string of the molecule is CCCC(=O)NCC1CCCCC1Cl. The lowest BCUT2D eigenvalue weighted by Gasteiger charge is -2.27. The van der Waals surface area contributed by atoms with Crippen LogP contribution in [0.4, 0.5) is 0 Å². The molecule has 2 unspecified atom stereocenters. The third kappa shape index (κ3) is 3.87. The Labute approximate surface area is 91.4 Å². The van der Waals surface area contributed by atoms with Gasteiger partial charge in [0.05, 0.1) is 0 Å². The Bertz CT molecular complexity index is 184. The number of rotatable bonds is 4. The van der Waals surface area contributed by atoms with Crippen LogP contribution in [0.2, 0.25) is 0 Å². The first-order chi connectivity index (χ1) is 6.74. The van der Waals surface area contributed by atoms with Crippen molar-refractivity contribution in [1.82, 2.24) is 5.32 Å². The van der Waals surface area contributed by atoms with Crippen LogP contribution in [-0.2, 0) is 4.79 Å². The summed E-state index contributed by atoms with van der Waals surface area (Å²) in [6, 6.07) is 0.